The Balaban J connectivity index is 1.60. The van der Waals surface area contributed by atoms with E-state index in [0.29, 0.717) is 28.7 Å². The molecule has 0 unspecified atom stereocenters. The molecule has 0 spiro atoms. The normalized spacial score (nSPS) is 18.6. The van der Waals surface area contributed by atoms with Gasteiger partial charge in [-0.15, -0.1) is 11.3 Å². The number of rotatable bonds is 4. The highest BCUT2D eigenvalue weighted by Crippen LogP contribution is 2.37. The van der Waals surface area contributed by atoms with Crippen LogP contribution in [0.2, 0.25) is 0 Å². The third kappa shape index (κ3) is 2.83. The summed E-state index contributed by atoms with van der Waals surface area (Å²) in [6.07, 6.45) is 10.7. The molecule has 2 aliphatic rings. The summed E-state index contributed by atoms with van der Waals surface area (Å²) in [6.45, 7) is 0. The first-order valence-electron chi connectivity index (χ1n) is 6.92. The number of carbonyl (C=O) groups excluding carboxylic acids is 1. The maximum atomic E-state index is 11.9. The number of hydrogen-bond acceptors (Lipinski definition) is 5. The van der Waals surface area contributed by atoms with E-state index in [4.69, 9.17) is 5.26 Å². The molecule has 2 aliphatic carbocycles. The predicted octanol–water partition coefficient (Wildman–Crippen LogP) is 2.86. The smallest absolute Gasteiger partial charge is 0.255 e. The molecule has 3 rings (SSSR count). The number of thiazole rings is 1. The number of carbonyl (C=O) groups is 1. The summed E-state index contributed by atoms with van der Waals surface area (Å²) in [5.41, 5.74) is 1.37. The zero-order valence-corrected chi connectivity index (χ0v) is 11.9. The summed E-state index contributed by atoms with van der Waals surface area (Å²) in [5, 5.41) is 14.4. The second-order valence-corrected chi connectivity index (χ2v) is 6.29. The number of amides is 1. The standard InChI is InChI=1S/C14H16N4OS/c15-8-17-11-6-10(11)13(19)18-14-16-7-12(20-14)9-4-2-1-3-5-9/h7,9,17H,1-6H2,(H,16,18,19). The molecule has 5 nitrogen and oxygen atoms in total. The number of nitriles is 1. The van der Waals surface area contributed by atoms with Crippen molar-refractivity contribution >= 4 is 22.4 Å². The Hall–Kier alpha value is -1.87. The number of allylic oxidation sites excluding steroid dienone is 1. The van der Waals surface area contributed by atoms with Gasteiger partial charge in [0.15, 0.2) is 11.3 Å². The topological polar surface area (TPSA) is 77.8 Å². The third-order valence-corrected chi connectivity index (χ3v) is 4.90. The van der Waals surface area contributed by atoms with Gasteiger partial charge in [-0.3, -0.25) is 15.4 Å². The maximum Gasteiger partial charge on any atom is 0.255 e. The van der Waals surface area contributed by atoms with E-state index in [0.717, 1.165) is 0 Å². The Labute approximate surface area is 121 Å². The lowest BCUT2D eigenvalue weighted by molar-refractivity contribution is -0.112. The average Bonchev–Trinajstić information content (AvgIpc) is 3.09. The summed E-state index contributed by atoms with van der Waals surface area (Å²) < 4.78 is 0. The van der Waals surface area contributed by atoms with Gasteiger partial charge < -0.3 is 0 Å². The van der Waals surface area contributed by atoms with E-state index in [-0.39, 0.29) is 5.91 Å². The molecule has 1 aromatic heterocycles. The number of hydrogen-bond donors (Lipinski definition) is 2. The lowest BCUT2D eigenvalue weighted by atomic mass is 9.89. The Morgan fingerprint density at radius 2 is 2.20 bits per heavy atom. The van der Waals surface area contributed by atoms with Crippen LogP contribution in [-0.4, -0.2) is 10.9 Å². The minimum absolute atomic E-state index is 0.146. The van der Waals surface area contributed by atoms with Crippen LogP contribution in [0.3, 0.4) is 0 Å². The first kappa shape index (κ1) is 13.1. The summed E-state index contributed by atoms with van der Waals surface area (Å²) in [6, 6.07) is 0. The van der Waals surface area contributed by atoms with Crippen molar-refractivity contribution < 1.29 is 4.79 Å². The third-order valence-electron chi connectivity index (χ3n) is 3.83. The monoisotopic (exact) mass is 288 g/mol. The average molecular weight is 288 g/mol. The van der Waals surface area contributed by atoms with E-state index in [1.165, 1.54) is 37.0 Å². The quantitative estimate of drug-likeness (QED) is 0.659. The van der Waals surface area contributed by atoms with Gasteiger partial charge in [-0.25, -0.2) is 4.98 Å². The van der Waals surface area contributed by atoms with Crippen molar-refractivity contribution in [2.75, 3.05) is 5.32 Å². The molecule has 1 heterocycles. The van der Waals surface area contributed by atoms with Gasteiger partial charge in [-0.2, -0.15) is 5.26 Å². The molecule has 1 amide bonds. The molecular weight excluding hydrogens is 272 g/mol. The Morgan fingerprint density at radius 3 is 2.95 bits per heavy atom. The van der Waals surface area contributed by atoms with Crippen molar-refractivity contribution in [3.8, 4) is 6.19 Å². The molecule has 0 atom stereocenters. The predicted molar refractivity (Wildman–Crippen MR) is 77.0 cm³/mol. The highest BCUT2D eigenvalue weighted by Gasteiger charge is 2.29. The number of nitrogens with one attached hydrogen (secondary N) is 2. The van der Waals surface area contributed by atoms with Gasteiger partial charge in [0.05, 0.1) is 0 Å². The van der Waals surface area contributed by atoms with Crippen LogP contribution in [0.4, 0.5) is 5.13 Å². The van der Waals surface area contributed by atoms with Crippen LogP contribution < -0.4 is 10.6 Å². The Bertz CT molecular complexity index is 593. The first-order valence-corrected chi connectivity index (χ1v) is 7.74. The van der Waals surface area contributed by atoms with Crippen molar-refractivity contribution in [2.45, 2.75) is 44.4 Å². The summed E-state index contributed by atoms with van der Waals surface area (Å²) in [4.78, 5) is 17.5. The molecule has 1 saturated carbocycles. The zero-order chi connectivity index (χ0) is 13.9. The summed E-state index contributed by atoms with van der Waals surface area (Å²) >= 11 is 1.58. The number of anilines is 1. The Morgan fingerprint density at radius 1 is 1.40 bits per heavy atom. The number of aromatic nitrogens is 1. The fourth-order valence-corrected chi connectivity index (χ4v) is 3.61. The molecule has 20 heavy (non-hydrogen) atoms. The van der Waals surface area contributed by atoms with Crippen molar-refractivity contribution in [1.82, 2.24) is 10.3 Å². The van der Waals surface area contributed by atoms with Gasteiger partial charge >= 0.3 is 0 Å². The lowest BCUT2D eigenvalue weighted by Gasteiger charge is -2.19. The molecule has 2 N–H and O–H groups in total. The molecule has 0 aliphatic heterocycles. The lowest BCUT2D eigenvalue weighted by Crippen LogP contribution is -2.09. The van der Waals surface area contributed by atoms with E-state index in [1.807, 2.05) is 12.4 Å². The minimum Gasteiger partial charge on any atom is -0.298 e. The van der Waals surface area contributed by atoms with E-state index >= 15 is 0 Å². The van der Waals surface area contributed by atoms with Crippen molar-refractivity contribution in [2.24, 2.45) is 0 Å². The van der Waals surface area contributed by atoms with Crippen LogP contribution in [0.1, 0.15) is 49.3 Å². The SMILES string of the molecule is N#CNC1=C(C(=O)Nc2ncc(C3CCCCC3)s2)C1. The fourth-order valence-electron chi connectivity index (χ4n) is 2.63. The number of nitrogens with zero attached hydrogens (tertiary/aromatic N) is 2. The van der Waals surface area contributed by atoms with Crippen LogP contribution in [0.5, 0.6) is 0 Å². The molecule has 6 heteroatoms. The van der Waals surface area contributed by atoms with E-state index in [9.17, 15) is 4.79 Å². The molecule has 0 saturated heterocycles. The van der Waals surface area contributed by atoms with E-state index in [2.05, 4.69) is 15.6 Å². The Kier molecular flexibility index (Phi) is 3.70. The van der Waals surface area contributed by atoms with Gasteiger partial charge in [0.1, 0.15) is 0 Å². The molecule has 0 bridgehead atoms. The highest BCUT2D eigenvalue weighted by molar-refractivity contribution is 7.15. The second-order valence-electron chi connectivity index (χ2n) is 5.23. The molecular formula is C14H16N4OS. The summed E-state index contributed by atoms with van der Waals surface area (Å²) in [7, 11) is 0. The maximum absolute atomic E-state index is 11.9. The van der Waals surface area contributed by atoms with Gasteiger partial charge in [-0.1, -0.05) is 19.3 Å². The van der Waals surface area contributed by atoms with Gasteiger partial charge in [0.2, 0.25) is 0 Å². The van der Waals surface area contributed by atoms with Crippen molar-refractivity contribution in [1.29, 1.82) is 5.26 Å². The van der Waals surface area contributed by atoms with Gasteiger partial charge in [0.25, 0.3) is 5.91 Å². The minimum atomic E-state index is -0.146. The van der Waals surface area contributed by atoms with Crippen molar-refractivity contribution in [3.63, 3.8) is 0 Å². The molecule has 1 aromatic rings. The van der Waals surface area contributed by atoms with Crippen LogP contribution in [-0.2, 0) is 4.79 Å². The molecule has 0 radical (unpaired) electrons. The molecule has 104 valence electrons. The van der Waals surface area contributed by atoms with Crippen LogP contribution in [0.25, 0.3) is 0 Å². The van der Waals surface area contributed by atoms with Crippen molar-refractivity contribution in [3.05, 3.63) is 22.3 Å². The fraction of sp³-hybridized carbons (Fsp3) is 0.500. The largest absolute Gasteiger partial charge is 0.298 e. The van der Waals surface area contributed by atoms with Crippen LogP contribution >= 0.6 is 11.3 Å². The first-order chi connectivity index (χ1) is 9.78. The van der Waals surface area contributed by atoms with Gasteiger partial charge in [0, 0.05) is 28.8 Å². The van der Waals surface area contributed by atoms with Crippen LogP contribution in [0, 0.1) is 11.5 Å². The molecule has 1 fully saturated rings. The van der Waals surface area contributed by atoms with Gasteiger partial charge in [-0.05, 0) is 18.8 Å². The molecule has 0 aromatic carbocycles. The summed E-state index contributed by atoms with van der Waals surface area (Å²) in [5.74, 6) is 0.468. The van der Waals surface area contributed by atoms with E-state index in [1.54, 1.807) is 11.3 Å². The zero-order valence-electron chi connectivity index (χ0n) is 11.1. The van der Waals surface area contributed by atoms with Crippen LogP contribution in [0.15, 0.2) is 17.5 Å². The second kappa shape index (κ2) is 5.63. The van der Waals surface area contributed by atoms with E-state index < -0.39 is 0 Å². The highest BCUT2D eigenvalue weighted by atomic mass is 32.1.